The molecule has 3 aromatic rings. The van der Waals surface area contributed by atoms with Gasteiger partial charge in [-0.25, -0.2) is 4.39 Å². The van der Waals surface area contributed by atoms with E-state index in [1.165, 1.54) is 42.0 Å². The van der Waals surface area contributed by atoms with Crippen molar-refractivity contribution in [2.24, 2.45) is 0 Å². The summed E-state index contributed by atoms with van der Waals surface area (Å²) in [7, 11) is 0. The van der Waals surface area contributed by atoms with Crippen LogP contribution in [0.4, 0.5) is 4.39 Å². The van der Waals surface area contributed by atoms with Crippen molar-refractivity contribution in [1.29, 1.82) is 0 Å². The number of ether oxygens (including phenoxy) is 3. The van der Waals surface area contributed by atoms with Gasteiger partial charge in [-0.2, -0.15) is 0 Å². The molecule has 184 valence electrons. The number of carbonyl (C=O) groups excluding carboxylic acids is 2. The van der Waals surface area contributed by atoms with Crippen LogP contribution in [0.1, 0.15) is 54.4 Å². The fourth-order valence-corrected chi connectivity index (χ4v) is 5.38. The Labute approximate surface area is 208 Å². The monoisotopic (exact) mass is 496 g/mol. The van der Waals surface area contributed by atoms with E-state index in [1.54, 1.807) is 23.5 Å². The second-order valence-electron chi connectivity index (χ2n) is 8.89. The highest BCUT2D eigenvalue weighted by Crippen LogP contribution is 2.35. The molecule has 0 aliphatic carbocycles. The summed E-state index contributed by atoms with van der Waals surface area (Å²) < 4.78 is 30.2. The van der Waals surface area contributed by atoms with Crippen LogP contribution in [0, 0.1) is 12.7 Å². The summed E-state index contributed by atoms with van der Waals surface area (Å²) in [6.07, 6.45) is 0.888. The number of hydrogen-bond donors (Lipinski definition) is 0. The zero-order valence-corrected chi connectivity index (χ0v) is 20.9. The molecule has 0 bridgehead atoms. The number of halogens is 1. The molecule has 1 aliphatic heterocycles. The molecule has 2 aromatic carbocycles. The van der Waals surface area contributed by atoms with Crippen LogP contribution in [0.3, 0.4) is 0 Å². The van der Waals surface area contributed by atoms with E-state index in [0.29, 0.717) is 12.8 Å². The molecule has 0 spiro atoms. The largest absolute Gasteiger partial charge is 0.463 e. The summed E-state index contributed by atoms with van der Waals surface area (Å²) in [6, 6.07) is 17.0. The zero-order valence-electron chi connectivity index (χ0n) is 20.1. The SMILES string of the molecule is CC(=O)OC[C@@H]1C[C@H](OC(C)=O)CC(c2ccc(C)c(Cc3ccc(-c4ccc(F)cc4)s3)c2)O1. The minimum Gasteiger partial charge on any atom is -0.463 e. The van der Waals surface area contributed by atoms with Crippen LogP contribution in [-0.4, -0.2) is 30.8 Å². The lowest BCUT2D eigenvalue weighted by molar-refractivity contribution is -0.169. The Balaban J connectivity index is 1.52. The molecule has 0 amide bonds. The van der Waals surface area contributed by atoms with E-state index in [1.807, 2.05) is 6.07 Å². The van der Waals surface area contributed by atoms with Crippen LogP contribution in [0.15, 0.2) is 54.6 Å². The highest BCUT2D eigenvalue weighted by Gasteiger charge is 2.33. The van der Waals surface area contributed by atoms with Crippen LogP contribution >= 0.6 is 11.3 Å². The average molecular weight is 497 g/mol. The number of carbonyl (C=O) groups is 2. The van der Waals surface area contributed by atoms with Crippen molar-refractivity contribution >= 4 is 23.3 Å². The van der Waals surface area contributed by atoms with Gasteiger partial charge in [0, 0.05) is 42.9 Å². The first-order chi connectivity index (χ1) is 16.8. The second-order valence-corrected chi connectivity index (χ2v) is 10.1. The molecule has 7 heteroatoms. The molecule has 2 heterocycles. The maximum absolute atomic E-state index is 13.3. The van der Waals surface area contributed by atoms with Crippen molar-refractivity contribution in [3.63, 3.8) is 0 Å². The first-order valence-electron chi connectivity index (χ1n) is 11.7. The van der Waals surface area contributed by atoms with Crippen molar-refractivity contribution in [3.05, 3.63) is 82.0 Å². The van der Waals surface area contributed by atoms with Crippen molar-refractivity contribution in [3.8, 4) is 10.4 Å². The van der Waals surface area contributed by atoms with E-state index in [0.717, 1.165) is 22.4 Å². The number of aryl methyl sites for hydroxylation is 1. The Hall–Kier alpha value is -3.03. The molecule has 0 saturated carbocycles. The molecule has 1 saturated heterocycles. The van der Waals surface area contributed by atoms with Crippen LogP contribution in [0.2, 0.25) is 0 Å². The van der Waals surface area contributed by atoms with Crippen LogP contribution in [-0.2, 0) is 30.2 Å². The van der Waals surface area contributed by atoms with Gasteiger partial charge in [0.2, 0.25) is 0 Å². The van der Waals surface area contributed by atoms with Crippen molar-refractivity contribution in [1.82, 2.24) is 0 Å². The fraction of sp³-hybridized carbons (Fsp3) is 0.357. The molecule has 0 N–H and O–H groups in total. The van der Waals surface area contributed by atoms with E-state index in [9.17, 15) is 14.0 Å². The number of rotatable bonds is 7. The number of benzene rings is 2. The number of thiophene rings is 1. The predicted molar refractivity (Wildman–Crippen MR) is 133 cm³/mol. The van der Waals surface area contributed by atoms with Gasteiger partial charge in [-0.15, -0.1) is 11.3 Å². The summed E-state index contributed by atoms with van der Waals surface area (Å²) >= 11 is 1.69. The Bertz CT molecular complexity index is 1190. The van der Waals surface area contributed by atoms with Gasteiger partial charge < -0.3 is 14.2 Å². The Kier molecular flexibility index (Phi) is 7.98. The Morgan fingerprint density at radius 1 is 1.03 bits per heavy atom. The first-order valence-corrected chi connectivity index (χ1v) is 12.5. The van der Waals surface area contributed by atoms with Gasteiger partial charge in [0.15, 0.2) is 0 Å². The quantitative estimate of drug-likeness (QED) is 0.366. The standard InChI is InChI=1S/C28H29FO5S/c1-17-4-5-21(27-15-24(33-19(3)31)14-25(34-27)16-32-18(2)30)12-22(17)13-26-10-11-28(35-26)20-6-8-23(29)9-7-20/h4-12,24-25,27H,13-16H2,1-3H3/t24-,25-,27?/m0/s1. The van der Waals surface area contributed by atoms with Crippen molar-refractivity contribution in [2.45, 2.75) is 58.3 Å². The molecule has 1 aromatic heterocycles. The lowest BCUT2D eigenvalue weighted by Gasteiger charge is -2.35. The molecule has 5 nitrogen and oxygen atoms in total. The molecule has 1 unspecified atom stereocenters. The highest BCUT2D eigenvalue weighted by molar-refractivity contribution is 7.15. The van der Waals surface area contributed by atoms with Crippen molar-refractivity contribution in [2.75, 3.05) is 6.61 Å². The lowest BCUT2D eigenvalue weighted by Crippen LogP contribution is -2.36. The van der Waals surface area contributed by atoms with Gasteiger partial charge in [-0.05, 0) is 53.4 Å². The van der Waals surface area contributed by atoms with Gasteiger partial charge in [-0.1, -0.05) is 30.3 Å². The second kappa shape index (κ2) is 11.1. The zero-order chi connectivity index (χ0) is 24.9. The van der Waals surface area contributed by atoms with Gasteiger partial charge >= 0.3 is 11.9 Å². The summed E-state index contributed by atoms with van der Waals surface area (Å²) in [5.41, 5.74) is 4.36. The van der Waals surface area contributed by atoms with Crippen molar-refractivity contribution < 1.29 is 28.2 Å². The third-order valence-corrected chi connectivity index (χ3v) is 7.20. The highest BCUT2D eigenvalue weighted by atomic mass is 32.1. The van der Waals surface area contributed by atoms with E-state index in [4.69, 9.17) is 14.2 Å². The van der Waals surface area contributed by atoms with Crippen LogP contribution in [0.5, 0.6) is 0 Å². The minimum atomic E-state index is -0.367. The van der Waals surface area contributed by atoms with E-state index in [2.05, 4.69) is 31.2 Å². The molecular formula is C28H29FO5S. The normalized spacial score (nSPS) is 19.8. The smallest absolute Gasteiger partial charge is 0.302 e. The third kappa shape index (κ3) is 6.77. The summed E-state index contributed by atoms with van der Waals surface area (Å²) in [5.74, 6) is -0.941. The van der Waals surface area contributed by atoms with Crippen LogP contribution < -0.4 is 0 Å². The number of esters is 2. The van der Waals surface area contributed by atoms with E-state index >= 15 is 0 Å². The van der Waals surface area contributed by atoms with E-state index in [-0.39, 0.29) is 42.7 Å². The first kappa shape index (κ1) is 25.1. The summed E-state index contributed by atoms with van der Waals surface area (Å²) in [6.45, 7) is 4.98. The maximum Gasteiger partial charge on any atom is 0.302 e. The van der Waals surface area contributed by atoms with Crippen LogP contribution in [0.25, 0.3) is 10.4 Å². The third-order valence-electron chi connectivity index (χ3n) is 6.06. The molecule has 0 radical (unpaired) electrons. The maximum atomic E-state index is 13.3. The van der Waals surface area contributed by atoms with Gasteiger partial charge in [-0.3, -0.25) is 9.59 Å². The molecule has 3 atom stereocenters. The minimum absolute atomic E-state index is 0.129. The Morgan fingerprint density at radius 2 is 1.80 bits per heavy atom. The van der Waals surface area contributed by atoms with Gasteiger partial charge in [0.05, 0.1) is 12.2 Å². The molecule has 35 heavy (non-hydrogen) atoms. The molecule has 1 aliphatic rings. The Morgan fingerprint density at radius 3 is 2.51 bits per heavy atom. The lowest BCUT2D eigenvalue weighted by atomic mass is 9.93. The predicted octanol–water partition coefficient (Wildman–Crippen LogP) is 6.17. The molecular weight excluding hydrogens is 467 g/mol. The molecule has 1 fully saturated rings. The van der Waals surface area contributed by atoms with Gasteiger partial charge in [0.25, 0.3) is 0 Å². The molecule has 4 rings (SSSR count). The van der Waals surface area contributed by atoms with Gasteiger partial charge in [0.1, 0.15) is 18.5 Å². The van der Waals surface area contributed by atoms with E-state index < -0.39 is 0 Å². The topological polar surface area (TPSA) is 61.8 Å². The summed E-state index contributed by atoms with van der Waals surface area (Å²) in [5, 5.41) is 0. The average Bonchev–Trinajstić information content (AvgIpc) is 3.27. The number of hydrogen-bond acceptors (Lipinski definition) is 6. The fourth-order valence-electron chi connectivity index (χ4n) is 4.35. The summed E-state index contributed by atoms with van der Waals surface area (Å²) in [4.78, 5) is 25.2.